The van der Waals surface area contributed by atoms with Crippen molar-refractivity contribution in [3.05, 3.63) is 23.2 Å². The van der Waals surface area contributed by atoms with Crippen LogP contribution in [-0.2, 0) is 16.0 Å². The Morgan fingerprint density at radius 3 is 2.70 bits per heavy atom. The van der Waals surface area contributed by atoms with Crippen molar-refractivity contribution >= 4 is 5.97 Å². The molecule has 0 saturated carbocycles. The molecule has 30 heavy (non-hydrogen) atoms. The minimum absolute atomic E-state index is 0.0157. The van der Waals surface area contributed by atoms with Crippen LogP contribution in [0.15, 0.2) is 12.1 Å². The van der Waals surface area contributed by atoms with Crippen LogP contribution >= 0.6 is 0 Å². The van der Waals surface area contributed by atoms with Gasteiger partial charge in [-0.05, 0) is 47.9 Å². The van der Waals surface area contributed by atoms with Crippen molar-refractivity contribution in [1.82, 2.24) is 4.90 Å². The van der Waals surface area contributed by atoms with Crippen molar-refractivity contribution in [3.63, 3.8) is 0 Å². The molecule has 0 aliphatic carbocycles. The molecule has 4 atom stereocenters. The fraction of sp³-hybridized carbons (Fsp3) is 0.708. The largest absolute Gasteiger partial charge is 0.493 e. The molecule has 168 valence electrons. The molecule has 2 N–H and O–H groups in total. The number of nitrogens with two attached hydrogens (primary N) is 1. The molecule has 1 aromatic carbocycles. The van der Waals surface area contributed by atoms with Gasteiger partial charge < -0.3 is 19.9 Å². The van der Waals surface area contributed by atoms with Gasteiger partial charge in [-0.1, -0.05) is 27.7 Å². The monoisotopic (exact) mass is 424 g/mol. The van der Waals surface area contributed by atoms with Crippen molar-refractivity contribution in [3.8, 4) is 11.5 Å². The Morgan fingerprint density at radius 2 is 2.07 bits per heavy atom. The lowest BCUT2D eigenvalue weighted by atomic mass is 9.79. The number of rotatable bonds is 7. The lowest BCUT2D eigenvalue weighted by molar-refractivity contribution is -0.160. The number of carbonyl (C=O) groups excluding carboxylic acids is 1. The Morgan fingerprint density at radius 1 is 1.33 bits per heavy atom. The molecular weight excluding hydrogens is 380 g/mol. The molecule has 2 heterocycles. The van der Waals surface area contributed by atoms with Crippen LogP contribution in [0.1, 0.15) is 65.9 Å². The van der Waals surface area contributed by atoms with Crippen molar-refractivity contribution in [2.45, 2.75) is 65.1 Å². The third-order valence-corrected chi connectivity index (χ3v) is 6.03. The predicted octanol–water partition coefficient (Wildman–Crippen LogP) is 3.56. The van der Waals surface area contributed by atoms with Gasteiger partial charge >= 0.3 is 5.97 Å². The van der Waals surface area contributed by atoms with E-state index >= 15 is 0 Å². The molecular formula is C24H38N2O4. The number of esters is 1. The van der Waals surface area contributed by atoms with E-state index < -0.39 is 31.2 Å². The van der Waals surface area contributed by atoms with E-state index in [1.807, 2.05) is 18.7 Å². The highest BCUT2D eigenvalue weighted by molar-refractivity contribution is 5.76. The number of methoxy groups -OCH3 is 2. The summed E-state index contributed by atoms with van der Waals surface area (Å²) in [7, 11) is -1.55. The van der Waals surface area contributed by atoms with Gasteiger partial charge in [0.25, 0.3) is 0 Å². The van der Waals surface area contributed by atoms with Crippen LogP contribution in [0.2, 0.25) is 0 Å². The second kappa shape index (κ2) is 9.56. The lowest BCUT2D eigenvalue weighted by Crippen LogP contribution is -2.51. The summed E-state index contributed by atoms with van der Waals surface area (Å²) >= 11 is 0. The number of benzene rings is 1. The average Bonchev–Trinajstić information content (AvgIpc) is 2.75. The number of ether oxygens (including phenoxy) is 3. The summed E-state index contributed by atoms with van der Waals surface area (Å²) in [6.07, 6.45) is 0.656. The first-order valence-electron chi connectivity index (χ1n) is 13.7. The van der Waals surface area contributed by atoms with E-state index in [0.717, 1.165) is 6.42 Å². The molecule has 6 heteroatoms. The second-order valence-corrected chi connectivity index (χ2v) is 9.05. The van der Waals surface area contributed by atoms with Crippen LogP contribution in [0.4, 0.5) is 0 Å². The molecule has 3 rings (SSSR count). The fourth-order valence-corrected chi connectivity index (χ4v) is 4.35. The predicted molar refractivity (Wildman–Crippen MR) is 118 cm³/mol. The van der Waals surface area contributed by atoms with Crippen molar-refractivity contribution in [2.24, 2.45) is 23.5 Å². The van der Waals surface area contributed by atoms with Crippen molar-refractivity contribution in [1.29, 1.82) is 0 Å². The summed E-state index contributed by atoms with van der Waals surface area (Å²) in [4.78, 5) is 14.8. The SMILES string of the molecule is [2H]c1c2c(c([2H])c(OC)c1OC([2H])([2H])[2H])C1([2H])CC(OC(=O)[C@@H](N)C(C)C)C(CC(C)C)CN1CC2. The first-order chi connectivity index (χ1) is 16.6. The smallest absolute Gasteiger partial charge is 0.323 e. The molecule has 0 spiro atoms. The zero-order valence-corrected chi connectivity index (χ0v) is 18.6. The quantitative estimate of drug-likeness (QED) is 0.675. The van der Waals surface area contributed by atoms with Crippen LogP contribution in [-0.4, -0.2) is 50.3 Å². The Kier molecular flexibility index (Phi) is 5.08. The molecule has 2 aliphatic rings. The van der Waals surface area contributed by atoms with Gasteiger partial charge in [0.2, 0.25) is 0 Å². The average molecular weight is 425 g/mol. The van der Waals surface area contributed by atoms with Gasteiger partial charge in [0.1, 0.15) is 12.1 Å². The number of piperidine rings is 1. The molecule has 6 nitrogen and oxygen atoms in total. The maximum absolute atomic E-state index is 12.8. The molecule has 0 amide bonds. The normalized spacial score (nSPS) is 30.7. The molecule has 2 aliphatic heterocycles. The maximum Gasteiger partial charge on any atom is 0.323 e. The third-order valence-electron chi connectivity index (χ3n) is 6.03. The van der Waals surface area contributed by atoms with E-state index in [1.54, 1.807) is 0 Å². The zero-order chi connectivity index (χ0) is 27.2. The summed E-state index contributed by atoms with van der Waals surface area (Å²) in [6, 6.07) is -2.63. The Bertz CT molecular complexity index is 987. The summed E-state index contributed by atoms with van der Waals surface area (Å²) in [5, 5.41) is 0. The molecule has 0 bridgehead atoms. The number of carbonyl (C=O) groups is 1. The summed E-state index contributed by atoms with van der Waals surface area (Å²) in [5.41, 5.74) is 6.71. The highest BCUT2D eigenvalue weighted by Crippen LogP contribution is 2.44. The van der Waals surface area contributed by atoms with Gasteiger partial charge in [0, 0.05) is 31.4 Å². The first-order valence-corrected chi connectivity index (χ1v) is 10.7. The summed E-state index contributed by atoms with van der Waals surface area (Å²) in [5.74, 6) is -0.799. The van der Waals surface area contributed by atoms with E-state index in [1.165, 1.54) is 7.11 Å². The molecule has 1 saturated heterocycles. The number of nitrogens with zero attached hydrogens (tertiary/aromatic N) is 1. The van der Waals surface area contributed by atoms with E-state index in [0.29, 0.717) is 31.0 Å². The Labute approximate surface area is 189 Å². The van der Waals surface area contributed by atoms with E-state index in [2.05, 4.69) is 13.8 Å². The Balaban J connectivity index is 2.09. The van der Waals surface area contributed by atoms with E-state index in [-0.39, 0.29) is 47.4 Å². The number of hydrogen-bond donors (Lipinski definition) is 1. The van der Waals surface area contributed by atoms with Crippen LogP contribution in [0.25, 0.3) is 0 Å². The molecule has 0 radical (unpaired) electrons. The number of fused-ring (bicyclic) bond motifs is 3. The maximum atomic E-state index is 12.8. The van der Waals surface area contributed by atoms with Gasteiger partial charge in [-0.2, -0.15) is 0 Å². The van der Waals surface area contributed by atoms with Gasteiger partial charge in [-0.3, -0.25) is 9.69 Å². The van der Waals surface area contributed by atoms with E-state index in [4.69, 9.17) is 26.8 Å². The first kappa shape index (κ1) is 15.9. The van der Waals surface area contributed by atoms with Gasteiger partial charge in [-0.15, -0.1) is 0 Å². The second-order valence-electron chi connectivity index (χ2n) is 9.05. The van der Waals surface area contributed by atoms with Crippen LogP contribution in [0.3, 0.4) is 0 Å². The fourth-order valence-electron chi connectivity index (χ4n) is 4.35. The van der Waals surface area contributed by atoms with E-state index in [9.17, 15) is 6.17 Å². The highest BCUT2D eigenvalue weighted by atomic mass is 16.5. The van der Waals surface area contributed by atoms with Gasteiger partial charge in [0.05, 0.1) is 22.4 Å². The molecule has 1 fully saturated rings. The topological polar surface area (TPSA) is 74.0 Å². The minimum atomic E-state index is -2.83. The van der Waals surface area contributed by atoms with Crippen molar-refractivity contribution in [2.75, 3.05) is 27.2 Å². The minimum Gasteiger partial charge on any atom is -0.493 e. The van der Waals surface area contributed by atoms with Crippen LogP contribution in [0.5, 0.6) is 11.5 Å². The zero-order valence-electron chi connectivity index (χ0n) is 24.6. The van der Waals surface area contributed by atoms with Crippen LogP contribution < -0.4 is 15.2 Å². The summed E-state index contributed by atoms with van der Waals surface area (Å²) < 4.78 is 65.9. The molecule has 1 aromatic rings. The highest BCUT2D eigenvalue weighted by Gasteiger charge is 2.41. The molecule has 0 aromatic heterocycles. The lowest BCUT2D eigenvalue weighted by Gasteiger charge is -2.47. The standard InChI is InChI=1S/C24H38N2O4/c1-14(2)9-17-13-26-8-7-16-10-21(28-5)22(29-6)11-18(16)19(26)12-20(17)30-24(27)23(25)15(3)4/h10-11,14-15,17,19-20,23H,7-9,12-13,25H2,1-6H3/t17?,19?,20?,23-/m0/s1/i5D3,10D,11D,19D. The Hall–Kier alpha value is -1.79. The van der Waals surface area contributed by atoms with Crippen molar-refractivity contribution < 1.29 is 27.2 Å². The number of hydrogen-bond acceptors (Lipinski definition) is 6. The van der Waals surface area contributed by atoms with Crippen LogP contribution in [0, 0.1) is 17.8 Å². The summed E-state index contributed by atoms with van der Waals surface area (Å²) in [6.45, 7) is 8.81. The van der Waals surface area contributed by atoms with Gasteiger partial charge in [0.15, 0.2) is 11.5 Å². The molecule has 3 unspecified atom stereocenters. The van der Waals surface area contributed by atoms with Gasteiger partial charge in [-0.25, -0.2) is 0 Å². The third kappa shape index (κ3) is 4.75.